The third-order valence-electron chi connectivity index (χ3n) is 2.77. The SMILES string of the molecule is C#CCN(C)S(=O)(=O)c1cc(CNC(C)C)cc(F)c1F. The van der Waals surface area contributed by atoms with Crippen LogP contribution >= 0.6 is 0 Å². The van der Waals surface area contributed by atoms with Crippen LogP contribution in [0.2, 0.25) is 0 Å². The molecule has 1 aromatic carbocycles. The van der Waals surface area contributed by atoms with Gasteiger partial charge in [-0.1, -0.05) is 19.8 Å². The number of sulfonamides is 1. The zero-order valence-corrected chi connectivity index (χ0v) is 13.0. The second-order valence-corrected chi connectivity index (χ2v) is 6.90. The fraction of sp³-hybridized carbons (Fsp3) is 0.429. The maximum atomic E-state index is 13.8. The van der Waals surface area contributed by atoms with Gasteiger partial charge in [0, 0.05) is 19.6 Å². The minimum absolute atomic E-state index is 0.127. The number of terminal acetylenes is 1. The highest BCUT2D eigenvalue weighted by molar-refractivity contribution is 7.89. The summed E-state index contributed by atoms with van der Waals surface area (Å²) in [5.41, 5.74) is 0.343. The number of nitrogens with one attached hydrogen (secondary N) is 1. The molecule has 1 aromatic rings. The van der Waals surface area contributed by atoms with Gasteiger partial charge in [-0.15, -0.1) is 6.42 Å². The molecule has 0 saturated carbocycles. The number of rotatable bonds is 6. The lowest BCUT2D eigenvalue weighted by Crippen LogP contribution is -2.29. The van der Waals surface area contributed by atoms with Gasteiger partial charge in [0.1, 0.15) is 4.90 Å². The van der Waals surface area contributed by atoms with Gasteiger partial charge < -0.3 is 5.32 Å². The summed E-state index contributed by atoms with van der Waals surface area (Å²) in [6, 6.07) is 2.23. The third kappa shape index (κ3) is 4.24. The summed E-state index contributed by atoms with van der Waals surface area (Å²) in [7, 11) is -2.95. The van der Waals surface area contributed by atoms with Crippen LogP contribution in [0.1, 0.15) is 19.4 Å². The summed E-state index contributed by atoms with van der Waals surface area (Å²) in [6.45, 7) is 3.78. The van der Waals surface area contributed by atoms with Crippen LogP contribution in [0.3, 0.4) is 0 Å². The van der Waals surface area contributed by atoms with Crippen molar-refractivity contribution < 1.29 is 17.2 Å². The Balaban J connectivity index is 3.26. The Bertz CT molecular complexity index is 652. The van der Waals surface area contributed by atoms with Crippen LogP contribution in [0.5, 0.6) is 0 Å². The molecule has 116 valence electrons. The molecule has 21 heavy (non-hydrogen) atoms. The van der Waals surface area contributed by atoms with Crippen LogP contribution in [0.25, 0.3) is 0 Å². The minimum atomic E-state index is -4.17. The molecule has 0 unspecified atom stereocenters. The van der Waals surface area contributed by atoms with E-state index in [9.17, 15) is 17.2 Å². The second-order valence-electron chi connectivity index (χ2n) is 4.89. The van der Waals surface area contributed by atoms with E-state index in [4.69, 9.17) is 6.42 Å². The topological polar surface area (TPSA) is 49.4 Å². The van der Waals surface area contributed by atoms with Crippen LogP contribution in [0.4, 0.5) is 8.78 Å². The van der Waals surface area contributed by atoms with Crippen molar-refractivity contribution in [1.82, 2.24) is 9.62 Å². The van der Waals surface area contributed by atoms with Crippen molar-refractivity contribution in [2.45, 2.75) is 31.3 Å². The molecule has 7 heteroatoms. The molecule has 0 atom stereocenters. The van der Waals surface area contributed by atoms with Crippen LogP contribution in [-0.2, 0) is 16.6 Å². The van der Waals surface area contributed by atoms with E-state index in [0.717, 1.165) is 16.4 Å². The summed E-state index contributed by atoms with van der Waals surface area (Å²) < 4.78 is 52.6. The van der Waals surface area contributed by atoms with Crippen molar-refractivity contribution in [2.75, 3.05) is 13.6 Å². The lowest BCUT2D eigenvalue weighted by molar-refractivity contribution is 0.463. The van der Waals surface area contributed by atoms with Gasteiger partial charge in [-0.2, -0.15) is 4.31 Å². The van der Waals surface area contributed by atoms with E-state index in [0.29, 0.717) is 5.56 Å². The molecular formula is C14H18F2N2O2S. The van der Waals surface area contributed by atoms with Gasteiger partial charge in [0.15, 0.2) is 11.6 Å². The molecule has 1 rings (SSSR count). The van der Waals surface area contributed by atoms with Crippen molar-refractivity contribution in [1.29, 1.82) is 0 Å². The normalized spacial score (nSPS) is 11.9. The van der Waals surface area contributed by atoms with Crippen LogP contribution in [0, 0.1) is 24.0 Å². The van der Waals surface area contributed by atoms with E-state index in [1.807, 2.05) is 13.8 Å². The Hall–Kier alpha value is -1.49. The summed E-state index contributed by atoms with van der Waals surface area (Å²) in [6.07, 6.45) is 5.05. The molecule has 0 aromatic heterocycles. The second kappa shape index (κ2) is 6.98. The predicted molar refractivity (Wildman–Crippen MR) is 77.0 cm³/mol. The smallest absolute Gasteiger partial charge is 0.246 e. The molecule has 0 spiro atoms. The van der Waals surface area contributed by atoms with Gasteiger partial charge in [0.2, 0.25) is 10.0 Å². The highest BCUT2D eigenvalue weighted by Crippen LogP contribution is 2.22. The molecular weight excluding hydrogens is 298 g/mol. The average Bonchev–Trinajstić information content (AvgIpc) is 2.39. The molecule has 0 saturated heterocycles. The Morgan fingerprint density at radius 3 is 2.52 bits per heavy atom. The van der Waals surface area contributed by atoms with E-state index in [1.165, 1.54) is 7.05 Å². The molecule has 0 aliphatic rings. The van der Waals surface area contributed by atoms with Gasteiger partial charge in [0.05, 0.1) is 6.54 Å². The Morgan fingerprint density at radius 1 is 1.38 bits per heavy atom. The first-order valence-electron chi connectivity index (χ1n) is 6.31. The molecule has 0 radical (unpaired) electrons. The molecule has 0 heterocycles. The fourth-order valence-corrected chi connectivity index (χ4v) is 2.81. The molecule has 0 aliphatic heterocycles. The highest BCUT2D eigenvalue weighted by atomic mass is 32.2. The predicted octanol–water partition coefficient (Wildman–Crippen LogP) is 1.72. The van der Waals surface area contributed by atoms with Crippen molar-refractivity contribution in [3.63, 3.8) is 0 Å². The first kappa shape index (κ1) is 17.6. The van der Waals surface area contributed by atoms with Crippen LogP contribution in [-0.4, -0.2) is 32.4 Å². The van der Waals surface area contributed by atoms with Crippen molar-refractivity contribution in [3.8, 4) is 12.3 Å². The largest absolute Gasteiger partial charge is 0.310 e. The van der Waals surface area contributed by atoms with Crippen LogP contribution in [0.15, 0.2) is 17.0 Å². The van der Waals surface area contributed by atoms with E-state index >= 15 is 0 Å². The summed E-state index contributed by atoms with van der Waals surface area (Å²) in [5, 5.41) is 3.01. The van der Waals surface area contributed by atoms with Gasteiger partial charge >= 0.3 is 0 Å². The maximum Gasteiger partial charge on any atom is 0.246 e. The fourth-order valence-electron chi connectivity index (χ4n) is 1.61. The van der Waals surface area contributed by atoms with Gasteiger partial charge in [-0.05, 0) is 17.7 Å². The van der Waals surface area contributed by atoms with Gasteiger partial charge in [0.25, 0.3) is 0 Å². The average molecular weight is 316 g/mol. The lowest BCUT2D eigenvalue weighted by atomic mass is 10.2. The number of hydrogen-bond acceptors (Lipinski definition) is 3. The maximum absolute atomic E-state index is 13.8. The van der Waals surface area contributed by atoms with Crippen molar-refractivity contribution in [2.24, 2.45) is 0 Å². The lowest BCUT2D eigenvalue weighted by Gasteiger charge is -2.16. The first-order chi connectivity index (χ1) is 9.70. The van der Waals surface area contributed by atoms with E-state index < -0.39 is 26.6 Å². The van der Waals surface area contributed by atoms with E-state index in [1.54, 1.807) is 0 Å². The number of benzene rings is 1. The Morgan fingerprint density at radius 2 is 2.00 bits per heavy atom. The van der Waals surface area contributed by atoms with Gasteiger partial charge in [-0.3, -0.25) is 0 Å². The zero-order chi connectivity index (χ0) is 16.2. The molecule has 1 N–H and O–H groups in total. The van der Waals surface area contributed by atoms with E-state index in [2.05, 4.69) is 11.2 Å². The summed E-state index contributed by atoms with van der Waals surface area (Å²) in [5.74, 6) is -0.449. The Labute approximate surface area is 124 Å². The van der Waals surface area contributed by atoms with Gasteiger partial charge in [-0.25, -0.2) is 17.2 Å². The standard InChI is InChI=1S/C14H18F2N2O2S/c1-5-6-18(4)21(19,20)13-8-11(9-17-10(2)3)7-12(15)14(13)16/h1,7-8,10,17H,6,9H2,2-4H3. The molecule has 4 nitrogen and oxygen atoms in total. The monoisotopic (exact) mass is 316 g/mol. The number of hydrogen-bond donors (Lipinski definition) is 1. The molecule has 0 aliphatic carbocycles. The molecule has 0 bridgehead atoms. The number of nitrogens with zero attached hydrogens (tertiary/aromatic N) is 1. The van der Waals surface area contributed by atoms with Crippen LogP contribution < -0.4 is 5.32 Å². The number of halogens is 2. The summed E-state index contributed by atoms with van der Waals surface area (Å²) in [4.78, 5) is -0.708. The van der Waals surface area contributed by atoms with E-state index in [-0.39, 0.29) is 19.1 Å². The quantitative estimate of drug-likeness (QED) is 0.813. The van der Waals surface area contributed by atoms with Crippen molar-refractivity contribution in [3.05, 3.63) is 29.3 Å². The highest BCUT2D eigenvalue weighted by Gasteiger charge is 2.26. The molecule has 0 amide bonds. The minimum Gasteiger partial charge on any atom is -0.310 e. The third-order valence-corrected chi connectivity index (χ3v) is 4.57. The zero-order valence-electron chi connectivity index (χ0n) is 12.2. The first-order valence-corrected chi connectivity index (χ1v) is 7.75. The Kier molecular flexibility index (Phi) is 5.84. The van der Waals surface area contributed by atoms with Crippen molar-refractivity contribution >= 4 is 10.0 Å². The molecule has 0 fully saturated rings. The summed E-state index contributed by atoms with van der Waals surface area (Å²) >= 11 is 0.